The molecule has 4 aromatic rings. The molecule has 8 nitrogen and oxygen atoms in total. The van der Waals surface area contributed by atoms with E-state index in [0.717, 1.165) is 63.9 Å². The van der Waals surface area contributed by atoms with Gasteiger partial charge in [-0.25, -0.2) is 23.1 Å². The molecular weight excluding hydrogens is 531 g/mol. The normalized spacial score (nSPS) is 23.0. The first-order valence-electron chi connectivity index (χ1n) is 14.0. The zero-order valence-electron chi connectivity index (χ0n) is 22.1. The summed E-state index contributed by atoms with van der Waals surface area (Å²) in [6.07, 6.45) is 5.09. The molecule has 208 valence electrons. The Kier molecular flexibility index (Phi) is 5.43. The summed E-state index contributed by atoms with van der Waals surface area (Å²) in [5.74, 6) is 3.91. The number of fused-ring (bicyclic) bond motifs is 5. The number of halogens is 3. The SMILES string of the molecule is Oc1cc(-c2nnc3c(N4C[C@@H]5C[C@H]4CN5)nc(C#CC45CCCN4CCC5)nc3c2F)c2c(F)c(F)ccc2c1. The average Bonchev–Trinajstić information content (AvgIpc) is 3.76. The van der Waals surface area contributed by atoms with Gasteiger partial charge in [-0.05, 0) is 74.7 Å². The lowest BCUT2D eigenvalue weighted by molar-refractivity contribution is 0.261. The van der Waals surface area contributed by atoms with Crippen LogP contribution in [-0.4, -0.2) is 74.0 Å². The molecule has 0 radical (unpaired) electrons. The first-order chi connectivity index (χ1) is 19.9. The predicted molar refractivity (Wildman–Crippen MR) is 147 cm³/mol. The number of nitrogens with zero attached hydrogens (tertiary/aromatic N) is 6. The van der Waals surface area contributed by atoms with Gasteiger partial charge in [0.05, 0.1) is 5.54 Å². The second-order valence-corrected chi connectivity index (χ2v) is 11.5. The summed E-state index contributed by atoms with van der Waals surface area (Å²) in [6, 6.07) is 5.20. The van der Waals surface area contributed by atoms with E-state index in [1.54, 1.807) is 0 Å². The number of aromatic hydroxyl groups is 1. The van der Waals surface area contributed by atoms with Crippen LogP contribution in [0.2, 0.25) is 0 Å². The smallest absolute Gasteiger partial charge is 0.207 e. The molecule has 4 saturated heterocycles. The second-order valence-electron chi connectivity index (χ2n) is 11.5. The van der Waals surface area contributed by atoms with Crippen molar-refractivity contribution in [2.75, 3.05) is 31.1 Å². The summed E-state index contributed by atoms with van der Waals surface area (Å²) in [5.41, 5.74) is -0.570. The molecule has 2 aromatic heterocycles. The molecule has 4 aliphatic rings. The van der Waals surface area contributed by atoms with E-state index in [1.165, 1.54) is 12.1 Å². The fourth-order valence-corrected chi connectivity index (χ4v) is 7.24. The van der Waals surface area contributed by atoms with Crippen LogP contribution in [0.5, 0.6) is 5.75 Å². The van der Waals surface area contributed by atoms with E-state index < -0.39 is 17.5 Å². The summed E-state index contributed by atoms with van der Waals surface area (Å²) in [6.45, 7) is 3.51. The Balaban J connectivity index is 1.34. The highest BCUT2D eigenvalue weighted by atomic mass is 19.2. The molecule has 0 spiro atoms. The highest BCUT2D eigenvalue weighted by Crippen LogP contribution is 2.40. The Labute approximate surface area is 233 Å². The van der Waals surface area contributed by atoms with Crippen LogP contribution in [0, 0.1) is 29.3 Å². The molecule has 2 atom stereocenters. The fourth-order valence-electron chi connectivity index (χ4n) is 7.24. The maximum Gasteiger partial charge on any atom is 0.207 e. The molecule has 4 fully saturated rings. The number of rotatable bonds is 2. The van der Waals surface area contributed by atoms with Gasteiger partial charge in [-0.15, -0.1) is 10.2 Å². The molecular formula is C30H26F3N7O. The number of phenolic OH excluding ortho intramolecular Hbond substituents is 1. The van der Waals surface area contributed by atoms with E-state index in [2.05, 4.69) is 42.1 Å². The fraction of sp³-hybridized carbons (Fsp3) is 0.400. The standard InChI is InChI=1S/C30H26F3N7O/c31-21-4-3-16-11-19(41)13-20(23(16)24(21)32)26-25(33)27-28(38-37-26)29(40-15-17-12-18(40)14-34-17)36-22(35-27)5-8-30-6-1-9-39(30)10-2-7-30/h3-4,11,13,17-18,34,41H,1-2,6-7,9-10,12,14-15H2/t17-,18-/m0/s1. The Morgan fingerprint density at radius 3 is 2.59 bits per heavy atom. The second kappa shape index (κ2) is 8.99. The summed E-state index contributed by atoms with van der Waals surface area (Å²) in [5, 5.41) is 22.3. The van der Waals surface area contributed by atoms with Crippen molar-refractivity contribution in [1.29, 1.82) is 0 Å². The molecule has 4 aliphatic heterocycles. The highest BCUT2D eigenvalue weighted by molar-refractivity contribution is 5.99. The Bertz CT molecular complexity index is 1810. The van der Waals surface area contributed by atoms with Crippen LogP contribution in [-0.2, 0) is 0 Å². The summed E-state index contributed by atoms with van der Waals surface area (Å²) < 4.78 is 45.7. The van der Waals surface area contributed by atoms with Gasteiger partial charge in [0.1, 0.15) is 17.0 Å². The van der Waals surface area contributed by atoms with Gasteiger partial charge < -0.3 is 15.3 Å². The minimum atomic E-state index is -1.16. The lowest BCUT2D eigenvalue weighted by atomic mass is 9.95. The van der Waals surface area contributed by atoms with Crippen LogP contribution < -0.4 is 10.2 Å². The number of piperazine rings is 1. The van der Waals surface area contributed by atoms with Crippen molar-refractivity contribution in [3.05, 3.63) is 47.5 Å². The number of benzene rings is 2. The number of nitrogens with one attached hydrogen (secondary N) is 1. The topological polar surface area (TPSA) is 90.3 Å². The number of anilines is 1. The molecule has 0 unspecified atom stereocenters. The minimum Gasteiger partial charge on any atom is -0.508 e. The number of hydrogen-bond donors (Lipinski definition) is 2. The molecule has 2 N–H and O–H groups in total. The molecule has 11 heteroatoms. The molecule has 0 amide bonds. The van der Waals surface area contributed by atoms with E-state index in [4.69, 9.17) is 4.98 Å². The van der Waals surface area contributed by atoms with E-state index in [1.807, 2.05) is 0 Å². The van der Waals surface area contributed by atoms with Crippen molar-refractivity contribution in [1.82, 2.24) is 30.4 Å². The Morgan fingerprint density at radius 1 is 1.00 bits per heavy atom. The number of phenols is 1. The molecule has 41 heavy (non-hydrogen) atoms. The van der Waals surface area contributed by atoms with Crippen molar-refractivity contribution >= 4 is 27.6 Å². The first-order valence-corrected chi connectivity index (χ1v) is 14.0. The lowest BCUT2D eigenvalue weighted by Crippen LogP contribution is -2.44. The van der Waals surface area contributed by atoms with Crippen molar-refractivity contribution in [3.8, 4) is 28.8 Å². The van der Waals surface area contributed by atoms with Crippen molar-refractivity contribution in [2.45, 2.75) is 49.7 Å². The van der Waals surface area contributed by atoms with Crippen LogP contribution >= 0.6 is 0 Å². The van der Waals surface area contributed by atoms with Gasteiger partial charge in [-0.3, -0.25) is 4.90 Å². The zero-order valence-corrected chi connectivity index (χ0v) is 22.1. The molecule has 6 heterocycles. The average molecular weight is 558 g/mol. The van der Waals surface area contributed by atoms with Gasteiger partial charge >= 0.3 is 0 Å². The first kappa shape index (κ1) is 24.8. The zero-order chi connectivity index (χ0) is 27.9. The third kappa shape index (κ3) is 3.77. The van der Waals surface area contributed by atoms with Gasteiger partial charge in [0.2, 0.25) is 5.82 Å². The van der Waals surface area contributed by atoms with Crippen LogP contribution in [0.3, 0.4) is 0 Å². The van der Waals surface area contributed by atoms with Crippen LogP contribution in [0.15, 0.2) is 24.3 Å². The minimum absolute atomic E-state index is 0.0967. The van der Waals surface area contributed by atoms with Gasteiger partial charge in [-0.2, -0.15) is 0 Å². The molecule has 0 aliphatic carbocycles. The summed E-state index contributed by atoms with van der Waals surface area (Å²) in [7, 11) is 0. The number of hydrogen-bond acceptors (Lipinski definition) is 8. The van der Waals surface area contributed by atoms with Crippen LogP contribution in [0.25, 0.3) is 33.1 Å². The maximum absolute atomic E-state index is 16.5. The maximum atomic E-state index is 16.5. The van der Waals surface area contributed by atoms with Crippen LogP contribution in [0.4, 0.5) is 19.0 Å². The van der Waals surface area contributed by atoms with E-state index >= 15 is 8.78 Å². The van der Waals surface area contributed by atoms with Crippen molar-refractivity contribution in [2.24, 2.45) is 0 Å². The van der Waals surface area contributed by atoms with Crippen molar-refractivity contribution in [3.63, 3.8) is 0 Å². The monoisotopic (exact) mass is 557 g/mol. The lowest BCUT2D eigenvalue weighted by Gasteiger charge is -2.29. The van der Waals surface area contributed by atoms with Gasteiger partial charge in [0.25, 0.3) is 0 Å². The van der Waals surface area contributed by atoms with E-state index in [9.17, 15) is 9.50 Å². The quantitative estimate of drug-likeness (QED) is 0.359. The van der Waals surface area contributed by atoms with Gasteiger partial charge in [-0.1, -0.05) is 12.0 Å². The number of aromatic nitrogens is 4. The third-order valence-corrected chi connectivity index (χ3v) is 9.16. The third-order valence-electron chi connectivity index (χ3n) is 9.16. The Hall–Kier alpha value is -4.01. The largest absolute Gasteiger partial charge is 0.508 e. The molecule has 2 bridgehead atoms. The summed E-state index contributed by atoms with van der Waals surface area (Å²) >= 11 is 0. The molecule has 2 aromatic carbocycles. The highest BCUT2D eigenvalue weighted by Gasteiger charge is 2.43. The van der Waals surface area contributed by atoms with Crippen molar-refractivity contribution < 1.29 is 18.3 Å². The van der Waals surface area contributed by atoms with Gasteiger partial charge in [0.15, 0.2) is 28.8 Å². The molecule has 8 rings (SSSR count). The van der Waals surface area contributed by atoms with Crippen LogP contribution in [0.1, 0.15) is 37.9 Å². The predicted octanol–water partition coefficient (Wildman–Crippen LogP) is 3.89. The Morgan fingerprint density at radius 2 is 1.83 bits per heavy atom. The van der Waals surface area contributed by atoms with E-state index in [0.29, 0.717) is 18.4 Å². The molecule has 0 saturated carbocycles. The van der Waals surface area contributed by atoms with E-state index in [-0.39, 0.29) is 56.2 Å². The van der Waals surface area contributed by atoms with Gasteiger partial charge in [0, 0.05) is 36.1 Å². The summed E-state index contributed by atoms with van der Waals surface area (Å²) in [4.78, 5) is 13.8.